The van der Waals surface area contributed by atoms with E-state index in [1.54, 1.807) is 0 Å². The summed E-state index contributed by atoms with van der Waals surface area (Å²) in [6.45, 7) is 0. The first-order valence-corrected chi connectivity index (χ1v) is 17.4. The van der Waals surface area contributed by atoms with E-state index in [9.17, 15) is 0 Å². The summed E-state index contributed by atoms with van der Waals surface area (Å²) >= 11 is 0. The summed E-state index contributed by atoms with van der Waals surface area (Å²) in [5, 5.41) is 8.70. The van der Waals surface area contributed by atoms with Crippen molar-refractivity contribution < 1.29 is 8.83 Å². The summed E-state index contributed by atoms with van der Waals surface area (Å²) in [5.74, 6) is 1.82. The molecule has 242 valence electrons. The third kappa shape index (κ3) is 4.39. The Morgan fingerprint density at radius 1 is 0.327 bits per heavy atom. The van der Waals surface area contributed by atoms with Crippen molar-refractivity contribution in [1.82, 2.24) is 15.0 Å². The lowest BCUT2D eigenvalue weighted by molar-refractivity contribution is 0.669. The van der Waals surface area contributed by atoms with Crippen LogP contribution in [-0.2, 0) is 0 Å². The first-order valence-electron chi connectivity index (χ1n) is 17.4. The predicted octanol–water partition coefficient (Wildman–Crippen LogP) is 12.6. The highest BCUT2D eigenvalue weighted by molar-refractivity contribution is 6.16. The van der Waals surface area contributed by atoms with Gasteiger partial charge < -0.3 is 8.83 Å². The fourth-order valence-electron chi connectivity index (χ4n) is 7.72. The minimum absolute atomic E-state index is 0.596. The van der Waals surface area contributed by atoms with Crippen LogP contribution in [0.1, 0.15) is 0 Å². The van der Waals surface area contributed by atoms with Crippen molar-refractivity contribution in [1.29, 1.82) is 0 Å². The average molecular weight is 666 g/mol. The second-order valence-electron chi connectivity index (χ2n) is 13.1. The summed E-state index contributed by atoms with van der Waals surface area (Å²) in [5.41, 5.74) is 8.43. The van der Waals surface area contributed by atoms with E-state index in [4.69, 9.17) is 23.8 Å². The van der Waals surface area contributed by atoms with Crippen molar-refractivity contribution in [3.05, 3.63) is 164 Å². The second kappa shape index (κ2) is 11.2. The van der Waals surface area contributed by atoms with Gasteiger partial charge in [0.25, 0.3) is 0 Å². The normalized spacial score (nSPS) is 11.8. The van der Waals surface area contributed by atoms with Crippen molar-refractivity contribution in [2.75, 3.05) is 0 Å². The van der Waals surface area contributed by atoms with Crippen LogP contribution < -0.4 is 0 Å². The van der Waals surface area contributed by atoms with Gasteiger partial charge in [0.2, 0.25) is 0 Å². The number of nitrogens with zero attached hydrogens (tertiary/aromatic N) is 3. The number of rotatable bonds is 4. The Balaban J connectivity index is 1.11. The molecule has 11 aromatic rings. The molecule has 0 unspecified atom stereocenters. The van der Waals surface area contributed by atoms with Crippen LogP contribution in [0, 0.1) is 0 Å². The third-order valence-corrected chi connectivity index (χ3v) is 10.1. The molecule has 0 aliphatic rings. The maximum atomic E-state index is 6.43. The summed E-state index contributed by atoms with van der Waals surface area (Å²) in [6.07, 6.45) is 0. The molecule has 0 aliphatic carbocycles. The standard InChI is InChI=1S/C47H27N3O2/c1-2-12-29(13-3-1)45-48-46(50-47(49-45)38-20-10-22-42-43(38)37-15-6-7-21-40(37)51-42)36-19-9-17-33-31(16-8-18-34(33)36)30-24-26-41-39(27-30)35-25-23-28-11-4-5-14-32(28)44(35)52-41/h1-27H. The largest absolute Gasteiger partial charge is 0.456 e. The fourth-order valence-corrected chi connectivity index (χ4v) is 7.72. The van der Waals surface area contributed by atoms with Crippen LogP contribution in [0.3, 0.4) is 0 Å². The number of aromatic nitrogens is 3. The molecule has 11 rings (SSSR count). The zero-order valence-corrected chi connectivity index (χ0v) is 27.7. The molecule has 0 N–H and O–H groups in total. The van der Waals surface area contributed by atoms with Gasteiger partial charge in [-0.05, 0) is 57.6 Å². The van der Waals surface area contributed by atoms with Gasteiger partial charge in [-0.25, -0.2) is 15.0 Å². The minimum atomic E-state index is 0.596. The van der Waals surface area contributed by atoms with Gasteiger partial charge in [-0.15, -0.1) is 0 Å². The van der Waals surface area contributed by atoms with Gasteiger partial charge in [0.1, 0.15) is 22.3 Å². The van der Waals surface area contributed by atoms with E-state index in [2.05, 4.69) is 103 Å². The number of hydrogen-bond donors (Lipinski definition) is 0. The number of benzene rings is 8. The first kappa shape index (κ1) is 28.7. The number of para-hydroxylation sites is 1. The third-order valence-electron chi connectivity index (χ3n) is 10.1. The van der Waals surface area contributed by atoms with Crippen molar-refractivity contribution in [2.45, 2.75) is 0 Å². The van der Waals surface area contributed by atoms with Gasteiger partial charge in [0.05, 0.1) is 0 Å². The molecule has 0 aliphatic heterocycles. The highest BCUT2D eigenvalue weighted by Gasteiger charge is 2.19. The zero-order chi connectivity index (χ0) is 34.2. The van der Waals surface area contributed by atoms with Gasteiger partial charge in [-0.3, -0.25) is 0 Å². The molecule has 3 aromatic heterocycles. The van der Waals surface area contributed by atoms with Crippen LogP contribution in [0.25, 0.3) is 111 Å². The molecule has 52 heavy (non-hydrogen) atoms. The summed E-state index contributed by atoms with van der Waals surface area (Å²) in [4.78, 5) is 15.4. The highest BCUT2D eigenvalue weighted by atomic mass is 16.3. The molecule has 0 saturated heterocycles. The van der Waals surface area contributed by atoms with Crippen LogP contribution in [0.15, 0.2) is 173 Å². The Hall–Kier alpha value is -7.11. The zero-order valence-electron chi connectivity index (χ0n) is 27.7. The van der Waals surface area contributed by atoms with Gasteiger partial charge in [-0.1, -0.05) is 133 Å². The second-order valence-corrected chi connectivity index (χ2v) is 13.1. The maximum absolute atomic E-state index is 6.43. The van der Waals surface area contributed by atoms with Crippen LogP contribution >= 0.6 is 0 Å². The van der Waals surface area contributed by atoms with Gasteiger partial charge in [0, 0.05) is 43.6 Å². The molecule has 0 radical (unpaired) electrons. The number of fused-ring (bicyclic) bond motifs is 9. The van der Waals surface area contributed by atoms with Crippen LogP contribution in [-0.4, -0.2) is 15.0 Å². The molecular formula is C47H27N3O2. The molecule has 5 nitrogen and oxygen atoms in total. The Labute approximate surface area is 297 Å². The van der Waals surface area contributed by atoms with Gasteiger partial charge in [-0.2, -0.15) is 0 Å². The molecule has 3 heterocycles. The highest BCUT2D eigenvalue weighted by Crippen LogP contribution is 2.40. The van der Waals surface area contributed by atoms with E-state index in [1.807, 2.05) is 60.7 Å². The maximum Gasteiger partial charge on any atom is 0.164 e. The fraction of sp³-hybridized carbons (Fsp3) is 0. The minimum Gasteiger partial charge on any atom is -0.456 e. The van der Waals surface area contributed by atoms with E-state index >= 15 is 0 Å². The van der Waals surface area contributed by atoms with Crippen molar-refractivity contribution >= 4 is 65.4 Å². The lowest BCUT2D eigenvalue weighted by Crippen LogP contribution is -2.01. The Morgan fingerprint density at radius 2 is 0.962 bits per heavy atom. The van der Waals surface area contributed by atoms with Crippen LogP contribution in [0.4, 0.5) is 0 Å². The molecular weight excluding hydrogens is 639 g/mol. The monoisotopic (exact) mass is 665 g/mol. The SMILES string of the molecule is c1ccc(-c2nc(-c3cccc4c(-c5ccc6oc7c8ccccc8ccc7c6c5)cccc34)nc(-c3cccc4oc5ccccc5c34)n2)cc1. The predicted molar refractivity (Wildman–Crippen MR) is 211 cm³/mol. The smallest absolute Gasteiger partial charge is 0.164 e. The molecule has 0 fully saturated rings. The molecule has 5 heteroatoms. The van der Waals surface area contributed by atoms with E-state index < -0.39 is 0 Å². The van der Waals surface area contributed by atoms with E-state index in [1.165, 1.54) is 5.39 Å². The number of furan rings is 2. The van der Waals surface area contributed by atoms with Crippen LogP contribution in [0.2, 0.25) is 0 Å². The molecule has 0 bridgehead atoms. The van der Waals surface area contributed by atoms with Gasteiger partial charge >= 0.3 is 0 Å². The number of hydrogen-bond acceptors (Lipinski definition) is 5. The molecule has 0 saturated carbocycles. The molecule has 0 spiro atoms. The van der Waals surface area contributed by atoms with E-state index in [0.717, 1.165) is 87.9 Å². The van der Waals surface area contributed by atoms with E-state index in [-0.39, 0.29) is 0 Å². The lowest BCUT2D eigenvalue weighted by atomic mass is 9.94. The van der Waals surface area contributed by atoms with Crippen molar-refractivity contribution in [2.24, 2.45) is 0 Å². The quantitative estimate of drug-likeness (QED) is 0.187. The Bertz CT molecular complexity index is 3190. The first-order chi connectivity index (χ1) is 25.8. The molecule has 0 atom stereocenters. The lowest BCUT2D eigenvalue weighted by Gasteiger charge is -2.13. The molecule has 0 amide bonds. The summed E-state index contributed by atoms with van der Waals surface area (Å²) < 4.78 is 12.7. The molecule has 8 aromatic carbocycles. The van der Waals surface area contributed by atoms with Crippen molar-refractivity contribution in [3.8, 4) is 45.3 Å². The Morgan fingerprint density at radius 3 is 1.85 bits per heavy atom. The average Bonchev–Trinajstić information content (AvgIpc) is 3.79. The summed E-state index contributed by atoms with van der Waals surface area (Å²) in [7, 11) is 0. The van der Waals surface area contributed by atoms with Crippen LogP contribution in [0.5, 0.6) is 0 Å². The van der Waals surface area contributed by atoms with Gasteiger partial charge in [0.15, 0.2) is 17.5 Å². The topological polar surface area (TPSA) is 65.0 Å². The van der Waals surface area contributed by atoms with Crippen molar-refractivity contribution in [3.63, 3.8) is 0 Å². The Kier molecular flexibility index (Phi) is 6.18. The van der Waals surface area contributed by atoms with E-state index in [0.29, 0.717) is 17.5 Å². The summed E-state index contributed by atoms with van der Waals surface area (Å²) in [6, 6.07) is 56.3.